The number of amides is 1. The van der Waals surface area contributed by atoms with E-state index in [2.05, 4.69) is 19.3 Å². The van der Waals surface area contributed by atoms with Crippen LogP contribution in [0.2, 0.25) is 0 Å². The zero-order valence-corrected chi connectivity index (χ0v) is 26.6. The fourth-order valence-corrected chi connectivity index (χ4v) is 8.18. The van der Waals surface area contributed by atoms with E-state index in [1.807, 2.05) is 0 Å². The highest BCUT2D eigenvalue weighted by Crippen LogP contribution is 2.62. The molecule has 4 aliphatic heterocycles. The highest BCUT2D eigenvalue weighted by molar-refractivity contribution is 7.61. The van der Waals surface area contributed by atoms with Crippen LogP contribution in [0, 0.1) is 0 Å². The van der Waals surface area contributed by atoms with Crippen LogP contribution in [0.25, 0.3) is 11.2 Å². The van der Waals surface area contributed by atoms with Crippen molar-refractivity contribution in [1.82, 2.24) is 24.4 Å². The van der Waals surface area contributed by atoms with Crippen molar-refractivity contribution < 1.29 is 80.7 Å². The van der Waals surface area contributed by atoms with E-state index in [4.69, 9.17) is 34.5 Å². The quantitative estimate of drug-likeness (QED) is 0.0782. The van der Waals surface area contributed by atoms with Gasteiger partial charge in [0.1, 0.15) is 48.5 Å². The number of hydrogen-bond acceptors (Lipinski definition) is 18. The number of aliphatic hydroxyl groups is 3. The summed E-state index contributed by atoms with van der Waals surface area (Å²) in [6.07, 6.45) is -6.62. The predicted molar refractivity (Wildman–Crippen MR) is 151 cm³/mol. The minimum Gasteiger partial charge on any atom is -0.387 e. The summed E-state index contributed by atoms with van der Waals surface area (Å²) in [4.78, 5) is 63.6. The number of allylic oxidation sites excluding steroid dienone is 1. The topological polar surface area (TPSA) is 364 Å². The summed E-state index contributed by atoms with van der Waals surface area (Å²) in [6, 6.07) is 0. The van der Waals surface area contributed by atoms with Crippen molar-refractivity contribution in [3.8, 4) is 0 Å². The van der Waals surface area contributed by atoms with Gasteiger partial charge in [-0.25, -0.2) is 28.6 Å². The van der Waals surface area contributed by atoms with E-state index >= 15 is 0 Å². The van der Waals surface area contributed by atoms with Crippen LogP contribution in [-0.2, 0) is 45.8 Å². The van der Waals surface area contributed by atoms with Crippen molar-refractivity contribution in [2.45, 2.75) is 55.0 Å². The lowest BCUT2D eigenvalue weighted by molar-refractivity contribution is -0.114. The third kappa shape index (κ3) is 6.48. The number of rotatable bonds is 12. The van der Waals surface area contributed by atoms with Gasteiger partial charge in [-0.15, -0.1) is 0 Å². The maximum Gasteiger partial charge on any atom is 0.481 e. The fourth-order valence-electron chi connectivity index (χ4n) is 5.54. The number of nitrogen functional groups attached to an aromatic ring is 1. The Labute approximate surface area is 267 Å². The molecule has 0 radical (unpaired) electrons. The van der Waals surface area contributed by atoms with E-state index in [0.717, 1.165) is 17.2 Å². The molecule has 0 aliphatic carbocycles. The average molecular weight is 743 g/mol. The lowest BCUT2D eigenvalue weighted by Crippen LogP contribution is -2.36. The fraction of sp³-hybridized carbons (Fsp3) is 0.524. The third-order valence-corrected chi connectivity index (χ3v) is 10.9. The van der Waals surface area contributed by atoms with Crippen LogP contribution in [0.1, 0.15) is 12.6 Å². The van der Waals surface area contributed by atoms with E-state index < -0.39 is 91.2 Å². The number of phosphoric ester groups is 3. The first-order valence-corrected chi connectivity index (χ1v) is 18.1. The van der Waals surface area contributed by atoms with Crippen LogP contribution in [0.5, 0.6) is 0 Å². The molecule has 10 atom stereocenters. The summed E-state index contributed by atoms with van der Waals surface area (Å²) in [5, 5.41) is 31.9. The first-order chi connectivity index (χ1) is 22.3. The molecule has 6 heterocycles. The van der Waals surface area contributed by atoms with E-state index in [-0.39, 0.29) is 29.0 Å². The van der Waals surface area contributed by atoms with Gasteiger partial charge < -0.3 is 60.7 Å². The highest BCUT2D eigenvalue weighted by Gasteiger charge is 2.71. The van der Waals surface area contributed by atoms with Crippen molar-refractivity contribution in [2.24, 2.45) is 5.73 Å². The van der Waals surface area contributed by atoms with Gasteiger partial charge in [-0.2, -0.15) is 4.31 Å². The number of imidazole rings is 1. The van der Waals surface area contributed by atoms with Gasteiger partial charge in [-0.05, 0) is 6.42 Å². The Bertz CT molecular complexity index is 1840. The predicted octanol–water partition coefficient (Wildman–Crippen LogP) is -2.82. The molecule has 6 rings (SSSR count). The number of aromatic nitrogens is 4. The number of nitrogens with two attached hydrogens (primary N) is 2. The zero-order valence-electron chi connectivity index (χ0n) is 23.9. The van der Waals surface area contributed by atoms with Crippen LogP contribution in [0.3, 0.4) is 0 Å². The van der Waals surface area contributed by atoms with Crippen LogP contribution in [0.15, 0.2) is 36.2 Å². The van der Waals surface area contributed by atoms with Gasteiger partial charge >= 0.3 is 23.5 Å². The van der Waals surface area contributed by atoms with Crippen molar-refractivity contribution in [2.75, 3.05) is 18.9 Å². The average Bonchev–Trinajstić information content (AvgIpc) is 3.18. The first-order valence-electron chi connectivity index (χ1n) is 13.5. The number of ether oxygens (including phenoxy) is 2. The van der Waals surface area contributed by atoms with Crippen molar-refractivity contribution >= 4 is 46.4 Å². The molecule has 2 unspecified atom stereocenters. The van der Waals surface area contributed by atoms with Gasteiger partial charge in [0.2, 0.25) is 11.6 Å². The molecular weight excluding hydrogens is 715 g/mol. The molecule has 4 aliphatic rings. The molecule has 27 heteroatoms. The minimum atomic E-state index is -5.52. The van der Waals surface area contributed by atoms with Gasteiger partial charge in [0, 0.05) is 11.8 Å². The second-order valence-electron chi connectivity index (χ2n) is 10.8. The number of carbonyl (C=O) groups is 1. The Morgan fingerprint density at radius 3 is 2.33 bits per heavy atom. The second-order valence-corrected chi connectivity index (χ2v) is 15.0. The first kappa shape index (κ1) is 35.1. The summed E-state index contributed by atoms with van der Waals surface area (Å²) in [5.41, 5.74) is 10.1. The molecule has 24 nitrogen and oxygen atoms in total. The maximum atomic E-state index is 12.6. The van der Waals surface area contributed by atoms with Gasteiger partial charge in [-0.3, -0.25) is 22.9 Å². The van der Waals surface area contributed by atoms with Gasteiger partial charge in [0.05, 0.1) is 25.2 Å². The second kappa shape index (κ2) is 12.2. The zero-order chi connectivity index (χ0) is 35.0. The number of nitrogens with zero attached hydrogens (tertiary/aromatic N) is 5. The van der Waals surface area contributed by atoms with Crippen molar-refractivity contribution in [3.63, 3.8) is 0 Å². The van der Waals surface area contributed by atoms with Crippen molar-refractivity contribution in [3.05, 3.63) is 36.2 Å². The number of primary amides is 1. The molecule has 2 aromatic heterocycles. The van der Waals surface area contributed by atoms with Crippen LogP contribution in [-0.4, -0.2) is 121 Å². The molecule has 0 aromatic carbocycles. The summed E-state index contributed by atoms with van der Waals surface area (Å²) < 4.78 is 67.6. The number of phosphoric acid groups is 3. The molecule has 1 amide bonds. The minimum absolute atomic E-state index is 0.00569. The van der Waals surface area contributed by atoms with Crippen molar-refractivity contribution in [1.29, 1.82) is 0 Å². The molecule has 2 aromatic rings. The number of fused-ring (bicyclic) bond motifs is 4. The summed E-state index contributed by atoms with van der Waals surface area (Å²) in [6.45, 7) is -2.01. The lowest BCUT2D eigenvalue weighted by Gasteiger charge is -2.22. The molecule has 0 saturated carbocycles. The number of carbonyl (C=O) groups excluding carboxylic acids is 1. The standard InChI is InChI=1S/C21H28N7O17P3/c22-17-12-19(25-6-24-17)27(7-26-12)20-15(44-46(33,34)35)13(29)9(42-20)4-40-47(36,37)45-48(38,39)41-5-10-14(30)16(31)21(43-10)11-2-1-8(18(23)32)3-28(11)21/h2-3,6-7,9-10,13-16,20,29-31H,1,4-5H2,(H2,23,32)(H,36,37)(H,38,39)(H2,22,24,25)(H2,33,34,35)/t9-,10-,13-,14-,15-,16-,20+,21-,28?/m1/s1. The summed E-state index contributed by atoms with van der Waals surface area (Å²) in [7, 11) is -16.3. The Morgan fingerprint density at radius 2 is 1.69 bits per heavy atom. The molecule has 48 heavy (non-hydrogen) atoms. The van der Waals surface area contributed by atoms with E-state index in [1.165, 1.54) is 17.2 Å². The van der Waals surface area contributed by atoms with E-state index in [9.17, 15) is 53.4 Å². The number of aliphatic hydroxyl groups excluding tert-OH is 3. The molecule has 1 spiro atoms. The van der Waals surface area contributed by atoms with E-state index in [0.29, 0.717) is 5.70 Å². The molecule has 264 valence electrons. The van der Waals surface area contributed by atoms with Gasteiger partial charge in [-0.1, -0.05) is 6.08 Å². The Kier molecular flexibility index (Phi) is 8.96. The highest BCUT2D eigenvalue weighted by atomic mass is 31.3. The molecule has 3 fully saturated rings. The molecule has 3 saturated heterocycles. The maximum absolute atomic E-state index is 12.6. The summed E-state index contributed by atoms with van der Waals surface area (Å²) >= 11 is 0. The summed E-state index contributed by atoms with van der Waals surface area (Å²) in [5.74, 6) is -0.773. The third-order valence-electron chi connectivity index (χ3n) is 7.73. The monoisotopic (exact) mass is 743 g/mol. The van der Waals surface area contributed by atoms with E-state index in [1.54, 1.807) is 0 Å². The number of hydrogen-bond donors (Lipinski definition) is 9. The van der Waals surface area contributed by atoms with Crippen LogP contribution in [0.4, 0.5) is 5.82 Å². The van der Waals surface area contributed by atoms with Crippen LogP contribution < -0.4 is 11.5 Å². The largest absolute Gasteiger partial charge is 0.481 e. The molecule has 11 N–H and O–H groups in total. The number of anilines is 1. The molecular formula is C21H28N7O17P3. The van der Waals surface area contributed by atoms with Gasteiger partial charge in [0.15, 0.2) is 17.7 Å². The SMILES string of the molecule is NC(=O)C1=CN2C(=CC1)[C@]21O[C@H](COP(=O)(O)OP(=O)(O)OC[C@H]2O[C@H](n3cnc4c(N)ncnc43)[C@H](OP(=O)(O)O)[C@@H]2O)[C@@H](O)[C@H]1O. The Hall–Kier alpha value is -2.73. The van der Waals surface area contributed by atoms with Crippen LogP contribution >= 0.6 is 23.5 Å². The smallest absolute Gasteiger partial charge is 0.387 e. The molecule has 0 bridgehead atoms. The Morgan fingerprint density at radius 1 is 1.02 bits per heavy atom. The van der Waals surface area contributed by atoms with Gasteiger partial charge in [0.25, 0.3) is 0 Å². The Balaban J connectivity index is 1.08. The lowest BCUT2D eigenvalue weighted by atomic mass is 10.1. The normalized spacial score (nSPS) is 34.1.